The Morgan fingerprint density at radius 1 is 0.425 bits per heavy atom. The first-order valence-corrected chi connectivity index (χ1v) is 25.7. The van der Waals surface area contributed by atoms with Crippen molar-refractivity contribution >= 4 is 0 Å². The second kappa shape index (κ2) is 26.9. The molecule has 8 rings (SSSR count). The molecular formula is C59H54F16O5. The topological polar surface area (TPSA) is 46.2 Å². The third-order valence-electron chi connectivity index (χ3n) is 14.1. The Kier molecular flexibility index (Phi) is 20.5. The Morgan fingerprint density at radius 3 is 1.39 bits per heavy atom. The Labute approximate surface area is 450 Å². The van der Waals surface area contributed by atoms with E-state index < -0.39 is 117 Å². The van der Waals surface area contributed by atoms with Crippen molar-refractivity contribution in [1.29, 1.82) is 0 Å². The van der Waals surface area contributed by atoms with E-state index in [1.54, 1.807) is 0 Å². The number of benzene rings is 6. The van der Waals surface area contributed by atoms with Crippen LogP contribution in [0.15, 0.2) is 84.9 Å². The van der Waals surface area contributed by atoms with E-state index in [9.17, 15) is 70.2 Å². The van der Waals surface area contributed by atoms with E-state index in [-0.39, 0.29) is 46.9 Å². The van der Waals surface area contributed by atoms with Gasteiger partial charge in [0.25, 0.3) is 0 Å². The van der Waals surface area contributed by atoms with Crippen molar-refractivity contribution in [2.24, 2.45) is 11.8 Å². The van der Waals surface area contributed by atoms with Gasteiger partial charge in [0, 0.05) is 56.3 Å². The molecule has 0 atom stereocenters. The van der Waals surface area contributed by atoms with Gasteiger partial charge in [0.15, 0.2) is 46.5 Å². The number of hydrogen-bond acceptors (Lipinski definition) is 5. The SMILES string of the molecule is CCOCC1CCC(c2cc(F)c(C(F)(F)Oc3ccc(CCc4cc(F)c(F)c(F)c4)c(F)c3)c(F)c2)CC1.CCOCC1CCC(c2ccc(C(F)(F)Oc3ccc(COc4cc(F)c(F)c(F)c4)c(F)c3)c(F)c2F)CC1. The highest BCUT2D eigenvalue weighted by atomic mass is 19.3. The molecule has 432 valence electrons. The summed E-state index contributed by atoms with van der Waals surface area (Å²) in [6.07, 6.45) is -3.41. The summed E-state index contributed by atoms with van der Waals surface area (Å²) in [5.74, 6) is -18.9. The molecule has 80 heavy (non-hydrogen) atoms. The fourth-order valence-corrected chi connectivity index (χ4v) is 9.80. The zero-order chi connectivity index (χ0) is 58.1. The largest absolute Gasteiger partial charge is 0.489 e. The smallest absolute Gasteiger partial charge is 0.432 e. The first-order valence-electron chi connectivity index (χ1n) is 25.7. The van der Waals surface area contributed by atoms with Gasteiger partial charge in [-0.15, -0.1) is 0 Å². The first-order chi connectivity index (χ1) is 38.0. The summed E-state index contributed by atoms with van der Waals surface area (Å²) < 4.78 is 252. The lowest BCUT2D eigenvalue weighted by molar-refractivity contribution is -0.189. The fourth-order valence-electron chi connectivity index (χ4n) is 9.80. The van der Waals surface area contributed by atoms with E-state index in [0.717, 1.165) is 86.3 Å². The van der Waals surface area contributed by atoms with Gasteiger partial charge in [-0.3, -0.25) is 0 Å². The van der Waals surface area contributed by atoms with Crippen molar-refractivity contribution in [2.45, 2.75) is 109 Å². The van der Waals surface area contributed by atoms with E-state index >= 15 is 0 Å². The van der Waals surface area contributed by atoms with E-state index in [1.807, 2.05) is 13.8 Å². The van der Waals surface area contributed by atoms with Crippen molar-refractivity contribution in [3.63, 3.8) is 0 Å². The van der Waals surface area contributed by atoms with Crippen LogP contribution in [0.2, 0.25) is 0 Å². The molecule has 6 aromatic carbocycles. The quantitative estimate of drug-likeness (QED) is 0.0563. The molecule has 0 aliphatic heterocycles. The van der Waals surface area contributed by atoms with Gasteiger partial charge in [-0.05, 0) is 173 Å². The van der Waals surface area contributed by atoms with Crippen molar-refractivity contribution in [2.75, 3.05) is 26.4 Å². The lowest BCUT2D eigenvalue weighted by Gasteiger charge is -2.29. The molecule has 2 aliphatic rings. The van der Waals surface area contributed by atoms with Crippen LogP contribution < -0.4 is 14.2 Å². The molecule has 0 unspecified atom stereocenters. The van der Waals surface area contributed by atoms with Crippen molar-refractivity contribution < 1.29 is 93.9 Å². The van der Waals surface area contributed by atoms with Gasteiger partial charge < -0.3 is 23.7 Å². The molecule has 0 amide bonds. The Bertz CT molecular complexity index is 3010. The normalized spacial score (nSPS) is 17.7. The molecule has 2 fully saturated rings. The minimum Gasteiger partial charge on any atom is -0.489 e. The molecule has 0 heterocycles. The fraction of sp³-hybridized carbons (Fsp3) is 0.390. The molecule has 0 bridgehead atoms. The summed E-state index contributed by atoms with van der Waals surface area (Å²) in [5.41, 5.74) is -2.76. The van der Waals surface area contributed by atoms with Gasteiger partial charge in [0.1, 0.15) is 58.3 Å². The van der Waals surface area contributed by atoms with Crippen molar-refractivity contribution in [3.8, 4) is 17.2 Å². The van der Waals surface area contributed by atoms with Gasteiger partial charge in [-0.2, -0.15) is 17.6 Å². The molecule has 21 heteroatoms. The molecule has 2 aliphatic carbocycles. The maximum absolute atomic E-state index is 14.9. The molecule has 0 aromatic heterocycles. The van der Waals surface area contributed by atoms with E-state index in [0.29, 0.717) is 93.8 Å². The van der Waals surface area contributed by atoms with Crippen LogP contribution >= 0.6 is 0 Å². The Morgan fingerprint density at radius 2 is 0.887 bits per heavy atom. The number of alkyl halides is 4. The summed E-state index contributed by atoms with van der Waals surface area (Å²) in [6.45, 7) is 5.60. The third kappa shape index (κ3) is 15.3. The van der Waals surface area contributed by atoms with Crippen molar-refractivity contribution in [3.05, 3.63) is 194 Å². The molecule has 5 nitrogen and oxygen atoms in total. The monoisotopic (exact) mass is 1150 g/mol. The van der Waals surface area contributed by atoms with Gasteiger partial charge in [0.2, 0.25) is 0 Å². The average molecular weight is 1150 g/mol. The molecule has 0 saturated heterocycles. The lowest BCUT2D eigenvalue weighted by atomic mass is 9.78. The van der Waals surface area contributed by atoms with Crippen LogP contribution in [0, 0.1) is 81.6 Å². The predicted octanol–water partition coefficient (Wildman–Crippen LogP) is 17.3. The number of halogens is 16. The second-order valence-corrected chi connectivity index (χ2v) is 19.6. The van der Waals surface area contributed by atoms with E-state index in [2.05, 4.69) is 9.47 Å². The Balaban J connectivity index is 0.000000231. The van der Waals surface area contributed by atoms with Gasteiger partial charge in [-0.1, -0.05) is 12.1 Å². The summed E-state index contributed by atoms with van der Waals surface area (Å²) in [5, 5.41) is 0. The van der Waals surface area contributed by atoms with Crippen LogP contribution in [0.3, 0.4) is 0 Å². The van der Waals surface area contributed by atoms with Crippen LogP contribution in [0.5, 0.6) is 17.2 Å². The summed E-state index contributed by atoms with van der Waals surface area (Å²) in [4.78, 5) is 0. The molecule has 2 saturated carbocycles. The van der Waals surface area contributed by atoms with E-state index in [1.165, 1.54) is 0 Å². The minimum atomic E-state index is -4.45. The highest BCUT2D eigenvalue weighted by molar-refractivity contribution is 5.36. The molecule has 0 radical (unpaired) electrons. The predicted molar refractivity (Wildman–Crippen MR) is 261 cm³/mol. The zero-order valence-corrected chi connectivity index (χ0v) is 43.1. The number of ether oxygens (including phenoxy) is 5. The van der Waals surface area contributed by atoms with E-state index in [4.69, 9.17) is 14.2 Å². The van der Waals surface area contributed by atoms with Crippen LogP contribution in [0.4, 0.5) is 70.2 Å². The average Bonchev–Trinajstić information content (AvgIpc) is 3.53. The molecule has 6 aromatic rings. The van der Waals surface area contributed by atoms with Crippen LogP contribution in [0.25, 0.3) is 0 Å². The van der Waals surface area contributed by atoms with Crippen LogP contribution in [-0.4, -0.2) is 26.4 Å². The van der Waals surface area contributed by atoms with Crippen LogP contribution in [0.1, 0.15) is 116 Å². The third-order valence-corrected chi connectivity index (χ3v) is 14.1. The molecule has 0 spiro atoms. The van der Waals surface area contributed by atoms with Gasteiger partial charge >= 0.3 is 12.2 Å². The zero-order valence-electron chi connectivity index (χ0n) is 43.1. The van der Waals surface area contributed by atoms with Gasteiger partial charge in [-0.25, -0.2) is 52.7 Å². The van der Waals surface area contributed by atoms with Gasteiger partial charge in [0.05, 0.1) is 0 Å². The number of hydrogen-bond donors (Lipinski definition) is 0. The molecular weight excluding hydrogens is 1090 g/mol. The molecule has 0 N–H and O–H groups in total. The second-order valence-electron chi connectivity index (χ2n) is 19.6. The maximum Gasteiger partial charge on any atom is 0.432 e. The highest BCUT2D eigenvalue weighted by Crippen LogP contribution is 2.43. The minimum absolute atomic E-state index is 0.00139. The van der Waals surface area contributed by atoms with Crippen molar-refractivity contribution in [1.82, 2.24) is 0 Å². The lowest BCUT2D eigenvalue weighted by Crippen LogP contribution is -2.26. The Hall–Kier alpha value is -6.48. The summed E-state index contributed by atoms with van der Waals surface area (Å²) in [7, 11) is 0. The van der Waals surface area contributed by atoms with Crippen LogP contribution in [-0.2, 0) is 41.1 Å². The maximum atomic E-state index is 14.9. The first kappa shape index (κ1) is 61.1. The number of rotatable bonds is 20. The highest BCUT2D eigenvalue weighted by Gasteiger charge is 2.43. The standard InChI is InChI=1S/C30H28F8O2.C29H26F8O3/c1-2-39-16-17-3-6-19(7-4-17)21-13-24(32)28(25(33)14-21)30(37,38)40-22-10-9-20(23(31)15-22)8-5-18-11-26(34)29(36)27(35)12-18;1-2-38-14-16-3-5-17(6-4-16)21-9-10-22(27(34)26(21)33)29(36,37)40-19-8-7-18(23(30)11-19)15-39-20-12-24(31)28(35)25(32)13-20/h9-15,17,19H,2-8,16H2,1H3;7-13,16-17H,2-6,14-15H2,1H3. The summed E-state index contributed by atoms with van der Waals surface area (Å²) >= 11 is 0. The summed E-state index contributed by atoms with van der Waals surface area (Å²) in [6, 6.07) is 11.6. The number of aryl methyl sites for hydroxylation is 2.